The molecule has 1 N–H and O–H groups in total. The van der Waals surface area contributed by atoms with Crippen LogP contribution in [-0.4, -0.2) is 11.7 Å². The lowest BCUT2D eigenvalue weighted by atomic mass is 9.64. The Hall–Kier alpha value is -7.30. The van der Waals surface area contributed by atoms with Crippen LogP contribution < -0.4 is 10.1 Å². The van der Waals surface area contributed by atoms with E-state index in [0.29, 0.717) is 5.84 Å². The third-order valence-corrected chi connectivity index (χ3v) is 11.4. The molecule has 1 unspecified atom stereocenters. The highest BCUT2D eigenvalue weighted by molar-refractivity contribution is 6.13. The number of nitrogens with zero attached hydrogens (tertiary/aromatic N) is 2. The maximum absolute atomic E-state index is 6.77. The highest BCUT2D eigenvalue weighted by atomic mass is 16.5. The van der Waals surface area contributed by atoms with Crippen molar-refractivity contribution in [2.45, 2.75) is 11.6 Å². The van der Waals surface area contributed by atoms with E-state index in [4.69, 9.17) is 14.7 Å². The molecule has 1 atom stereocenters. The molecule has 0 radical (unpaired) electrons. The summed E-state index contributed by atoms with van der Waals surface area (Å²) in [4.78, 5) is 10.3. The number of hydrogen-bond acceptors (Lipinski definition) is 4. The first-order valence-electron chi connectivity index (χ1n) is 19.1. The van der Waals surface area contributed by atoms with Crippen molar-refractivity contribution in [3.63, 3.8) is 0 Å². The topological polar surface area (TPSA) is 46.0 Å². The molecule has 11 rings (SSSR count). The standard InChI is InChI=1S/C52H35N3O/c1-3-14-34(15-4-1)35-26-30-38(31-27-35)50-53-49(37-16-5-2-6-17-37)54-51(55-50)39-32-28-36(29-33-39)40-20-13-25-47-48(40)52(45-23-11-12-24-46(45)56-47)43-21-9-7-18-41(43)42-19-8-10-22-44(42)52/h1-33,49H,(H,53,54,55). The second-order valence-electron chi connectivity index (χ2n) is 14.5. The summed E-state index contributed by atoms with van der Waals surface area (Å²) in [7, 11) is 0. The van der Waals surface area contributed by atoms with E-state index in [2.05, 4.69) is 193 Å². The maximum atomic E-state index is 6.77. The largest absolute Gasteiger partial charge is 0.457 e. The Bertz CT molecular complexity index is 2800. The Labute approximate surface area is 326 Å². The lowest BCUT2D eigenvalue weighted by molar-refractivity contribution is 0.437. The summed E-state index contributed by atoms with van der Waals surface area (Å²) < 4.78 is 6.77. The molecule has 4 nitrogen and oxygen atoms in total. The predicted molar refractivity (Wildman–Crippen MR) is 227 cm³/mol. The van der Waals surface area contributed by atoms with Crippen molar-refractivity contribution in [3.05, 3.63) is 239 Å². The van der Waals surface area contributed by atoms with Gasteiger partial charge in [0.2, 0.25) is 0 Å². The molecule has 0 bridgehead atoms. The highest BCUT2D eigenvalue weighted by Crippen LogP contribution is 2.63. The second-order valence-corrected chi connectivity index (χ2v) is 14.5. The van der Waals surface area contributed by atoms with Gasteiger partial charge in [0.25, 0.3) is 0 Å². The summed E-state index contributed by atoms with van der Waals surface area (Å²) in [6, 6.07) is 70.8. The summed E-state index contributed by atoms with van der Waals surface area (Å²) in [5, 5.41) is 3.65. The molecule has 0 fully saturated rings. The van der Waals surface area contributed by atoms with Crippen molar-refractivity contribution in [3.8, 4) is 44.9 Å². The lowest BCUT2D eigenvalue weighted by Gasteiger charge is -2.40. The van der Waals surface area contributed by atoms with Gasteiger partial charge in [0, 0.05) is 22.3 Å². The molecule has 8 aromatic carbocycles. The fraction of sp³-hybridized carbons (Fsp3) is 0.0385. The quantitative estimate of drug-likeness (QED) is 0.193. The molecule has 56 heavy (non-hydrogen) atoms. The Morgan fingerprint density at radius 3 is 1.64 bits per heavy atom. The van der Waals surface area contributed by atoms with Crippen LogP contribution >= 0.6 is 0 Å². The molecule has 264 valence electrons. The summed E-state index contributed by atoms with van der Waals surface area (Å²) >= 11 is 0. The number of benzene rings is 8. The molecule has 3 aliphatic rings. The minimum Gasteiger partial charge on any atom is -0.457 e. The van der Waals surface area contributed by atoms with Crippen molar-refractivity contribution in [2.75, 3.05) is 0 Å². The third kappa shape index (κ3) is 5.00. The average Bonchev–Trinajstić information content (AvgIpc) is 3.57. The maximum Gasteiger partial charge on any atom is 0.159 e. The fourth-order valence-corrected chi connectivity index (χ4v) is 8.94. The molecule has 0 aromatic heterocycles. The number of amidine groups is 2. The van der Waals surface area contributed by atoms with Crippen LogP contribution in [0.25, 0.3) is 33.4 Å². The molecule has 0 saturated heterocycles. The summed E-state index contributed by atoms with van der Waals surface area (Å²) in [6.45, 7) is 0. The van der Waals surface area contributed by atoms with Crippen LogP contribution in [0.4, 0.5) is 0 Å². The van der Waals surface area contributed by atoms with Crippen LogP contribution in [0, 0.1) is 0 Å². The van der Waals surface area contributed by atoms with E-state index < -0.39 is 5.41 Å². The molecule has 4 heteroatoms. The van der Waals surface area contributed by atoms with E-state index in [-0.39, 0.29) is 6.17 Å². The van der Waals surface area contributed by atoms with Gasteiger partial charge in [-0.1, -0.05) is 188 Å². The van der Waals surface area contributed by atoms with Gasteiger partial charge < -0.3 is 10.1 Å². The third-order valence-electron chi connectivity index (χ3n) is 11.4. The van der Waals surface area contributed by atoms with Gasteiger partial charge in [-0.2, -0.15) is 0 Å². The van der Waals surface area contributed by atoms with Gasteiger partial charge in [0.1, 0.15) is 23.5 Å². The van der Waals surface area contributed by atoms with E-state index in [9.17, 15) is 0 Å². The van der Waals surface area contributed by atoms with Crippen LogP contribution in [-0.2, 0) is 5.41 Å². The minimum atomic E-state index is -0.550. The van der Waals surface area contributed by atoms with Crippen molar-refractivity contribution >= 4 is 11.7 Å². The van der Waals surface area contributed by atoms with Crippen molar-refractivity contribution in [2.24, 2.45) is 9.98 Å². The molecule has 1 spiro atoms. The molecule has 0 saturated carbocycles. The number of aliphatic imine (C=N–C) groups is 2. The molecular formula is C52H35N3O. The SMILES string of the molecule is c1ccc(-c2ccc(C3=NC(c4ccccc4)NC(c4ccc(-c5cccc6c5C5(c7ccccc7O6)c6ccccc6-c6ccccc65)cc4)=N3)cc2)cc1. The fourth-order valence-electron chi connectivity index (χ4n) is 8.94. The molecular weight excluding hydrogens is 683 g/mol. The van der Waals surface area contributed by atoms with Gasteiger partial charge in [0.05, 0.1) is 5.41 Å². The first kappa shape index (κ1) is 32.2. The summed E-state index contributed by atoms with van der Waals surface area (Å²) in [5.74, 6) is 3.25. The van der Waals surface area contributed by atoms with Gasteiger partial charge in [-0.3, -0.25) is 0 Å². The Morgan fingerprint density at radius 2 is 0.929 bits per heavy atom. The van der Waals surface area contributed by atoms with E-state index in [1.807, 2.05) is 12.1 Å². The van der Waals surface area contributed by atoms with Crippen molar-refractivity contribution in [1.82, 2.24) is 5.32 Å². The summed E-state index contributed by atoms with van der Waals surface area (Å²) in [5.41, 5.74) is 14.5. The number of nitrogens with one attached hydrogen (secondary N) is 1. The van der Waals surface area contributed by atoms with Crippen LogP contribution in [0.2, 0.25) is 0 Å². The molecule has 1 aliphatic carbocycles. The zero-order valence-electron chi connectivity index (χ0n) is 30.4. The van der Waals surface area contributed by atoms with Crippen LogP contribution in [0.15, 0.2) is 210 Å². The summed E-state index contributed by atoms with van der Waals surface area (Å²) in [6.07, 6.45) is -0.284. The number of ether oxygens (including phenoxy) is 1. The molecule has 2 aliphatic heterocycles. The van der Waals surface area contributed by atoms with Gasteiger partial charge in [0.15, 0.2) is 5.84 Å². The number of fused-ring (bicyclic) bond motifs is 9. The first-order chi connectivity index (χ1) is 27.8. The lowest BCUT2D eigenvalue weighted by Crippen LogP contribution is -2.33. The smallest absolute Gasteiger partial charge is 0.159 e. The Morgan fingerprint density at radius 1 is 0.411 bits per heavy atom. The van der Waals surface area contributed by atoms with Crippen LogP contribution in [0.3, 0.4) is 0 Å². The molecule has 2 heterocycles. The van der Waals surface area contributed by atoms with Gasteiger partial charge in [-0.15, -0.1) is 0 Å². The Balaban J connectivity index is 1.02. The molecule has 0 amide bonds. The van der Waals surface area contributed by atoms with E-state index in [1.165, 1.54) is 27.8 Å². The average molecular weight is 718 g/mol. The van der Waals surface area contributed by atoms with E-state index in [1.54, 1.807) is 0 Å². The zero-order chi connectivity index (χ0) is 37.1. The predicted octanol–water partition coefficient (Wildman–Crippen LogP) is 12.0. The second kappa shape index (κ2) is 12.9. The van der Waals surface area contributed by atoms with E-state index >= 15 is 0 Å². The van der Waals surface area contributed by atoms with E-state index in [0.717, 1.165) is 61.8 Å². The van der Waals surface area contributed by atoms with Gasteiger partial charge in [-0.05, 0) is 62.2 Å². The highest BCUT2D eigenvalue weighted by Gasteiger charge is 2.52. The van der Waals surface area contributed by atoms with Crippen molar-refractivity contribution < 1.29 is 4.74 Å². The minimum absolute atomic E-state index is 0.284. The first-order valence-corrected chi connectivity index (χ1v) is 19.1. The number of hydrogen-bond donors (Lipinski definition) is 1. The molecule has 8 aromatic rings. The van der Waals surface area contributed by atoms with Gasteiger partial charge in [-0.25, -0.2) is 9.98 Å². The van der Waals surface area contributed by atoms with Crippen LogP contribution in [0.1, 0.15) is 45.1 Å². The number of rotatable bonds is 5. The van der Waals surface area contributed by atoms with Crippen LogP contribution in [0.5, 0.6) is 11.5 Å². The van der Waals surface area contributed by atoms with Gasteiger partial charge >= 0.3 is 0 Å². The Kier molecular flexibility index (Phi) is 7.42. The van der Waals surface area contributed by atoms with Crippen molar-refractivity contribution in [1.29, 1.82) is 0 Å². The normalized spacial score (nSPS) is 15.6. The monoisotopic (exact) mass is 717 g/mol. The number of para-hydroxylation sites is 1. The zero-order valence-corrected chi connectivity index (χ0v) is 30.4.